The number of primary amides is 1. The van der Waals surface area contributed by atoms with E-state index in [1.807, 2.05) is 39.6 Å². The smallest absolute Gasteiger partial charge is 0.407 e. The van der Waals surface area contributed by atoms with Gasteiger partial charge in [-0.3, -0.25) is 9.69 Å². The quantitative estimate of drug-likeness (QED) is 0.823. The van der Waals surface area contributed by atoms with E-state index in [1.54, 1.807) is 0 Å². The molecule has 21 heavy (non-hydrogen) atoms. The highest BCUT2D eigenvalue weighted by Gasteiger charge is 2.34. The minimum absolute atomic E-state index is 0.00963. The van der Waals surface area contributed by atoms with Crippen LogP contribution in [-0.2, 0) is 9.53 Å². The lowest BCUT2D eigenvalue weighted by Gasteiger charge is -2.38. The van der Waals surface area contributed by atoms with Crippen molar-refractivity contribution in [3.63, 3.8) is 0 Å². The van der Waals surface area contributed by atoms with E-state index >= 15 is 0 Å². The molecule has 0 aromatic carbocycles. The van der Waals surface area contributed by atoms with Gasteiger partial charge < -0.3 is 15.8 Å². The van der Waals surface area contributed by atoms with Crippen molar-refractivity contribution in [3.8, 4) is 0 Å². The van der Waals surface area contributed by atoms with Crippen LogP contribution in [0.2, 0.25) is 0 Å². The van der Waals surface area contributed by atoms with Crippen LogP contribution in [0.3, 0.4) is 0 Å². The van der Waals surface area contributed by atoms with Crippen molar-refractivity contribution in [3.05, 3.63) is 0 Å². The van der Waals surface area contributed by atoms with Gasteiger partial charge in [-0.1, -0.05) is 6.92 Å². The number of piperidine rings is 1. The van der Waals surface area contributed by atoms with Gasteiger partial charge in [0.15, 0.2) is 0 Å². The summed E-state index contributed by atoms with van der Waals surface area (Å²) in [4.78, 5) is 25.4. The van der Waals surface area contributed by atoms with E-state index in [9.17, 15) is 9.59 Å². The molecule has 1 fully saturated rings. The molecule has 3 N–H and O–H groups in total. The van der Waals surface area contributed by atoms with Crippen LogP contribution in [0.1, 0.15) is 47.0 Å². The molecule has 2 amide bonds. The largest absolute Gasteiger partial charge is 0.444 e. The summed E-state index contributed by atoms with van der Waals surface area (Å²) >= 11 is 0. The van der Waals surface area contributed by atoms with Crippen LogP contribution < -0.4 is 11.1 Å². The zero-order chi connectivity index (χ0) is 16.2. The van der Waals surface area contributed by atoms with E-state index in [4.69, 9.17) is 10.5 Å². The fraction of sp³-hybridized carbons (Fsp3) is 0.867. The fourth-order valence-corrected chi connectivity index (χ4v) is 2.82. The Hall–Kier alpha value is -1.30. The van der Waals surface area contributed by atoms with Crippen molar-refractivity contribution in [1.29, 1.82) is 0 Å². The maximum Gasteiger partial charge on any atom is 0.407 e. The number of hydrogen-bond donors (Lipinski definition) is 2. The second kappa shape index (κ2) is 7.11. The Morgan fingerprint density at radius 2 is 2.05 bits per heavy atom. The van der Waals surface area contributed by atoms with Crippen molar-refractivity contribution in [1.82, 2.24) is 10.2 Å². The Kier molecular flexibility index (Phi) is 6.01. The third-order valence-electron chi connectivity index (χ3n) is 3.95. The first kappa shape index (κ1) is 17.8. The number of carbonyl (C=O) groups is 2. The third-order valence-corrected chi connectivity index (χ3v) is 3.95. The van der Waals surface area contributed by atoms with E-state index in [-0.39, 0.29) is 23.9 Å². The normalized spacial score (nSPS) is 25.2. The van der Waals surface area contributed by atoms with Gasteiger partial charge in [-0.15, -0.1) is 0 Å². The number of rotatable bonds is 4. The average molecular weight is 299 g/mol. The Morgan fingerprint density at radius 3 is 2.52 bits per heavy atom. The number of ether oxygens (including phenoxy) is 1. The summed E-state index contributed by atoms with van der Waals surface area (Å²) in [5.41, 5.74) is 4.94. The molecule has 0 saturated carbocycles. The lowest BCUT2D eigenvalue weighted by Crippen LogP contribution is -2.52. The second-order valence-corrected chi connectivity index (χ2v) is 6.84. The molecule has 1 aliphatic heterocycles. The van der Waals surface area contributed by atoms with Crippen LogP contribution >= 0.6 is 0 Å². The van der Waals surface area contributed by atoms with Crippen molar-refractivity contribution in [2.45, 2.75) is 64.6 Å². The maximum atomic E-state index is 11.9. The van der Waals surface area contributed by atoms with E-state index in [0.29, 0.717) is 6.42 Å². The Balaban J connectivity index is 2.63. The molecule has 122 valence electrons. The lowest BCUT2D eigenvalue weighted by molar-refractivity contribution is -0.124. The number of alkyl carbamates (subject to hydrolysis) is 1. The van der Waals surface area contributed by atoms with Gasteiger partial charge in [0.25, 0.3) is 0 Å². The van der Waals surface area contributed by atoms with Crippen LogP contribution in [0, 0.1) is 5.92 Å². The van der Waals surface area contributed by atoms with Gasteiger partial charge in [0.2, 0.25) is 5.91 Å². The van der Waals surface area contributed by atoms with Gasteiger partial charge >= 0.3 is 6.09 Å². The number of hydrogen-bond acceptors (Lipinski definition) is 4. The van der Waals surface area contributed by atoms with E-state index in [1.165, 1.54) is 0 Å². The molecular weight excluding hydrogens is 270 g/mol. The highest BCUT2D eigenvalue weighted by molar-refractivity contribution is 5.80. The molecular formula is C15H29N3O3. The molecule has 1 aliphatic rings. The topological polar surface area (TPSA) is 84.7 Å². The lowest BCUT2D eigenvalue weighted by atomic mass is 9.84. The Labute approximate surface area is 127 Å². The first-order valence-corrected chi connectivity index (χ1v) is 7.63. The molecule has 0 aliphatic carbocycles. The monoisotopic (exact) mass is 299 g/mol. The van der Waals surface area contributed by atoms with E-state index in [0.717, 1.165) is 19.4 Å². The summed E-state index contributed by atoms with van der Waals surface area (Å²) < 4.78 is 5.30. The van der Waals surface area contributed by atoms with Gasteiger partial charge in [-0.25, -0.2) is 4.79 Å². The number of nitrogens with zero attached hydrogens (tertiary/aromatic N) is 1. The summed E-state index contributed by atoms with van der Waals surface area (Å²) in [5, 5.41) is 2.94. The minimum atomic E-state index is -0.509. The van der Waals surface area contributed by atoms with Gasteiger partial charge in [-0.05, 0) is 59.5 Å². The molecule has 0 aromatic heterocycles. The zero-order valence-electron chi connectivity index (χ0n) is 13.8. The van der Waals surface area contributed by atoms with Crippen molar-refractivity contribution >= 4 is 12.0 Å². The van der Waals surface area contributed by atoms with Crippen molar-refractivity contribution < 1.29 is 14.3 Å². The molecule has 0 spiro atoms. The number of nitrogens with two attached hydrogens (primary N) is 1. The predicted molar refractivity (Wildman–Crippen MR) is 81.8 cm³/mol. The Bertz CT molecular complexity index is 379. The molecule has 0 bridgehead atoms. The molecule has 3 atom stereocenters. The molecule has 1 rings (SSSR count). The standard InChI is InChI=1S/C15H29N3O3/c1-6-11(17-14(20)21-15(2,3)4)10-7-8-18(5)12(9-10)13(16)19/h10-12H,6-9H2,1-5H3,(H2,16,19)(H,17,20). The number of likely N-dealkylation sites (tertiary alicyclic amines) is 1. The number of carbonyl (C=O) groups excluding carboxylic acids is 2. The first-order chi connectivity index (χ1) is 9.64. The van der Waals surface area contributed by atoms with Crippen LogP contribution in [0.5, 0.6) is 0 Å². The summed E-state index contributed by atoms with van der Waals surface area (Å²) in [5.74, 6) is -0.0504. The first-order valence-electron chi connectivity index (χ1n) is 7.63. The molecule has 0 aromatic rings. The molecule has 0 radical (unpaired) electrons. The minimum Gasteiger partial charge on any atom is -0.444 e. The van der Waals surface area contributed by atoms with Crippen LogP contribution in [0.25, 0.3) is 0 Å². The summed E-state index contributed by atoms with van der Waals surface area (Å²) in [6.45, 7) is 8.36. The number of nitrogens with one attached hydrogen (secondary N) is 1. The molecule has 1 heterocycles. The van der Waals surface area contributed by atoms with E-state index < -0.39 is 11.7 Å². The summed E-state index contributed by atoms with van der Waals surface area (Å²) in [6.07, 6.45) is 2.03. The maximum absolute atomic E-state index is 11.9. The van der Waals surface area contributed by atoms with Gasteiger partial charge in [0.05, 0.1) is 6.04 Å². The second-order valence-electron chi connectivity index (χ2n) is 6.84. The highest BCUT2D eigenvalue weighted by Crippen LogP contribution is 2.26. The van der Waals surface area contributed by atoms with Gasteiger partial charge in [0.1, 0.15) is 5.60 Å². The summed E-state index contributed by atoms with van der Waals surface area (Å²) in [6, 6.07) is -0.242. The fourth-order valence-electron chi connectivity index (χ4n) is 2.82. The molecule has 1 saturated heterocycles. The number of likely N-dealkylation sites (N-methyl/N-ethyl adjacent to an activating group) is 1. The Morgan fingerprint density at radius 1 is 1.43 bits per heavy atom. The van der Waals surface area contributed by atoms with Crippen molar-refractivity contribution in [2.75, 3.05) is 13.6 Å². The zero-order valence-corrected chi connectivity index (χ0v) is 13.8. The SMILES string of the molecule is CCC(NC(=O)OC(C)(C)C)C1CCN(C)C(C(N)=O)C1. The van der Waals surface area contributed by atoms with Crippen LogP contribution in [0.4, 0.5) is 4.79 Å². The molecule has 3 unspecified atom stereocenters. The highest BCUT2D eigenvalue weighted by atomic mass is 16.6. The van der Waals surface area contributed by atoms with Crippen LogP contribution in [0.15, 0.2) is 0 Å². The van der Waals surface area contributed by atoms with Gasteiger partial charge in [0, 0.05) is 6.04 Å². The summed E-state index contributed by atoms with van der Waals surface area (Å²) in [7, 11) is 1.91. The van der Waals surface area contributed by atoms with E-state index in [2.05, 4.69) is 5.32 Å². The predicted octanol–water partition coefficient (Wildman–Crippen LogP) is 1.49. The molecule has 6 nitrogen and oxygen atoms in total. The van der Waals surface area contributed by atoms with Crippen molar-refractivity contribution in [2.24, 2.45) is 11.7 Å². The molecule has 6 heteroatoms. The van der Waals surface area contributed by atoms with Gasteiger partial charge in [-0.2, -0.15) is 0 Å². The number of amides is 2. The average Bonchev–Trinajstić information content (AvgIpc) is 2.34. The third kappa shape index (κ3) is 5.53. The van der Waals surface area contributed by atoms with Crippen LogP contribution in [-0.4, -0.2) is 48.2 Å².